The van der Waals surface area contributed by atoms with Crippen LogP contribution >= 0.6 is 0 Å². The number of nitrogens with zero attached hydrogens (tertiary/aromatic N) is 2. The second-order valence-corrected chi connectivity index (χ2v) is 7.75. The first kappa shape index (κ1) is 20.3. The fraction of sp³-hybridized carbons (Fsp3) is 0.292. The maximum Gasteiger partial charge on any atom is 0.287 e. The number of amides is 1. The molecule has 0 unspecified atom stereocenters. The van der Waals surface area contributed by atoms with E-state index in [1.54, 1.807) is 24.3 Å². The van der Waals surface area contributed by atoms with Crippen molar-refractivity contribution in [1.29, 1.82) is 0 Å². The highest BCUT2D eigenvalue weighted by atomic mass is 19.1. The number of carbonyl (C=O) groups is 1. The molecule has 2 aromatic carbocycles. The number of halogens is 1. The molecule has 4 rings (SSSR count). The Morgan fingerprint density at radius 2 is 1.73 bits per heavy atom. The fourth-order valence-electron chi connectivity index (χ4n) is 3.60. The van der Waals surface area contributed by atoms with E-state index in [0.717, 1.165) is 43.9 Å². The molecule has 1 aromatic heterocycles. The molecular formula is C24H26FN3O2. The first-order valence-corrected chi connectivity index (χ1v) is 10.2. The van der Waals surface area contributed by atoms with Crippen LogP contribution in [0.2, 0.25) is 0 Å². The maximum atomic E-state index is 13.1. The van der Waals surface area contributed by atoms with Crippen molar-refractivity contribution in [3.05, 3.63) is 83.4 Å². The molecule has 0 saturated carbocycles. The van der Waals surface area contributed by atoms with Gasteiger partial charge in [-0.2, -0.15) is 0 Å². The fourth-order valence-corrected chi connectivity index (χ4v) is 3.60. The minimum atomic E-state index is -0.307. The van der Waals surface area contributed by atoms with Crippen LogP contribution in [0, 0.1) is 5.82 Å². The predicted octanol–water partition coefficient (Wildman–Crippen LogP) is 3.76. The van der Waals surface area contributed by atoms with Crippen LogP contribution in [0.1, 0.15) is 21.7 Å². The first-order valence-electron chi connectivity index (χ1n) is 10.2. The summed E-state index contributed by atoms with van der Waals surface area (Å²) in [6.45, 7) is 5.70. The van der Waals surface area contributed by atoms with Crippen molar-refractivity contribution in [2.24, 2.45) is 0 Å². The van der Waals surface area contributed by atoms with Crippen molar-refractivity contribution in [2.45, 2.75) is 13.1 Å². The van der Waals surface area contributed by atoms with E-state index < -0.39 is 0 Å². The van der Waals surface area contributed by atoms with Crippen LogP contribution in [0.4, 0.5) is 4.39 Å². The van der Waals surface area contributed by atoms with Gasteiger partial charge in [0.15, 0.2) is 5.76 Å². The molecule has 30 heavy (non-hydrogen) atoms. The Morgan fingerprint density at radius 3 is 2.50 bits per heavy atom. The van der Waals surface area contributed by atoms with E-state index in [4.69, 9.17) is 4.42 Å². The highest BCUT2D eigenvalue weighted by Gasteiger charge is 2.15. The summed E-state index contributed by atoms with van der Waals surface area (Å²) in [5.41, 5.74) is 3.04. The summed E-state index contributed by atoms with van der Waals surface area (Å²) in [7, 11) is 2.16. The quantitative estimate of drug-likeness (QED) is 0.676. The molecule has 0 aliphatic carbocycles. The summed E-state index contributed by atoms with van der Waals surface area (Å²) in [5, 5.41) is 2.91. The first-order chi connectivity index (χ1) is 14.6. The van der Waals surface area contributed by atoms with Crippen molar-refractivity contribution in [3.8, 4) is 11.3 Å². The Morgan fingerprint density at radius 1 is 1.00 bits per heavy atom. The molecule has 3 aromatic rings. The van der Waals surface area contributed by atoms with Gasteiger partial charge in [0, 0.05) is 44.8 Å². The molecule has 0 bridgehead atoms. The number of nitrogens with one attached hydrogen (secondary N) is 1. The molecule has 6 heteroatoms. The van der Waals surface area contributed by atoms with Gasteiger partial charge in [0.05, 0.1) is 0 Å². The van der Waals surface area contributed by atoms with Gasteiger partial charge in [0.1, 0.15) is 11.6 Å². The highest BCUT2D eigenvalue weighted by Crippen LogP contribution is 2.22. The number of likely N-dealkylation sites (N-methyl/N-ethyl adjacent to an activating group) is 1. The lowest BCUT2D eigenvalue weighted by atomic mass is 10.1. The molecule has 1 aliphatic rings. The molecule has 5 nitrogen and oxygen atoms in total. The van der Waals surface area contributed by atoms with Crippen LogP contribution in [-0.2, 0) is 13.1 Å². The van der Waals surface area contributed by atoms with Gasteiger partial charge in [-0.05, 0) is 54.6 Å². The third-order valence-electron chi connectivity index (χ3n) is 5.41. The molecule has 1 amide bonds. The zero-order chi connectivity index (χ0) is 20.9. The number of carbonyl (C=O) groups excluding carboxylic acids is 1. The number of piperazine rings is 1. The number of furan rings is 1. The van der Waals surface area contributed by atoms with Crippen molar-refractivity contribution < 1.29 is 13.6 Å². The molecule has 1 N–H and O–H groups in total. The van der Waals surface area contributed by atoms with Gasteiger partial charge in [-0.15, -0.1) is 0 Å². The SMILES string of the molecule is CN1CCN(Cc2cccc(CNC(=O)c3ccc(-c4ccc(F)cc4)o3)c2)CC1. The van der Waals surface area contributed by atoms with Crippen LogP contribution < -0.4 is 5.32 Å². The average molecular weight is 407 g/mol. The van der Waals surface area contributed by atoms with E-state index in [0.29, 0.717) is 12.3 Å². The standard InChI is InChI=1S/C24H26FN3O2/c1-27-11-13-28(14-12-27)17-19-4-2-3-18(15-19)16-26-24(29)23-10-9-22(30-23)20-5-7-21(25)8-6-20/h2-10,15H,11-14,16-17H2,1H3,(H,26,29). The molecular weight excluding hydrogens is 381 g/mol. The summed E-state index contributed by atoms with van der Waals surface area (Å²) in [4.78, 5) is 17.3. The minimum Gasteiger partial charge on any atom is -0.451 e. The van der Waals surface area contributed by atoms with E-state index in [1.807, 2.05) is 12.1 Å². The largest absolute Gasteiger partial charge is 0.451 e. The van der Waals surface area contributed by atoms with Gasteiger partial charge in [0.25, 0.3) is 5.91 Å². The van der Waals surface area contributed by atoms with Crippen LogP contribution in [0.25, 0.3) is 11.3 Å². The molecule has 1 aliphatic heterocycles. The van der Waals surface area contributed by atoms with Crippen molar-refractivity contribution in [1.82, 2.24) is 15.1 Å². The lowest BCUT2D eigenvalue weighted by molar-refractivity contribution is 0.0924. The normalized spacial score (nSPS) is 15.3. The lowest BCUT2D eigenvalue weighted by Crippen LogP contribution is -2.43. The molecule has 0 spiro atoms. The Labute approximate surface area is 176 Å². The summed E-state index contributed by atoms with van der Waals surface area (Å²) in [6.07, 6.45) is 0. The van der Waals surface area contributed by atoms with Gasteiger partial charge in [-0.1, -0.05) is 24.3 Å². The van der Waals surface area contributed by atoms with E-state index >= 15 is 0 Å². The lowest BCUT2D eigenvalue weighted by Gasteiger charge is -2.32. The third-order valence-corrected chi connectivity index (χ3v) is 5.41. The Hall–Kier alpha value is -2.96. The second-order valence-electron chi connectivity index (χ2n) is 7.75. The number of hydrogen-bond donors (Lipinski definition) is 1. The zero-order valence-corrected chi connectivity index (χ0v) is 17.1. The Balaban J connectivity index is 1.33. The highest BCUT2D eigenvalue weighted by molar-refractivity contribution is 5.92. The van der Waals surface area contributed by atoms with E-state index in [1.165, 1.54) is 17.7 Å². The van der Waals surface area contributed by atoms with Crippen LogP contribution in [0.3, 0.4) is 0 Å². The van der Waals surface area contributed by atoms with E-state index in [-0.39, 0.29) is 17.5 Å². The van der Waals surface area contributed by atoms with Crippen LogP contribution in [-0.4, -0.2) is 48.9 Å². The second kappa shape index (κ2) is 9.24. The molecule has 156 valence electrons. The molecule has 2 heterocycles. The number of benzene rings is 2. The van der Waals surface area contributed by atoms with Gasteiger partial charge in [-0.25, -0.2) is 4.39 Å². The smallest absolute Gasteiger partial charge is 0.287 e. The summed E-state index contributed by atoms with van der Waals surface area (Å²) in [5.74, 6) is 0.197. The average Bonchev–Trinajstić information content (AvgIpc) is 3.25. The van der Waals surface area contributed by atoms with Gasteiger partial charge in [0.2, 0.25) is 0 Å². The zero-order valence-electron chi connectivity index (χ0n) is 17.1. The Kier molecular flexibility index (Phi) is 6.26. The maximum absolute atomic E-state index is 13.1. The van der Waals surface area contributed by atoms with Gasteiger partial charge >= 0.3 is 0 Å². The van der Waals surface area contributed by atoms with Crippen molar-refractivity contribution in [2.75, 3.05) is 33.2 Å². The summed E-state index contributed by atoms with van der Waals surface area (Å²) in [6, 6.07) is 17.7. The third kappa shape index (κ3) is 5.14. The molecule has 1 fully saturated rings. The van der Waals surface area contributed by atoms with Crippen LogP contribution in [0.5, 0.6) is 0 Å². The van der Waals surface area contributed by atoms with E-state index in [9.17, 15) is 9.18 Å². The number of rotatable bonds is 6. The Bertz CT molecular complexity index is 992. The van der Waals surface area contributed by atoms with Crippen LogP contribution in [0.15, 0.2) is 65.1 Å². The monoisotopic (exact) mass is 407 g/mol. The minimum absolute atomic E-state index is 0.239. The van der Waals surface area contributed by atoms with Gasteiger partial charge in [-0.3, -0.25) is 9.69 Å². The van der Waals surface area contributed by atoms with Gasteiger partial charge < -0.3 is 14.6 Å². The topological polar surface area (TPSA) is 48.7 Å². The number of hydrogen-bond acceptors (Lipinski definition) is 4. The van der Waals surface area contributed by atoms with E-state index in [2.05, 4.69) is 34.3 Å². The molecule has 1 saturated heterocycles. The van der Waals surface area contributed by atoms with Crippen molar-refractivity contribution in [3.63, 3.8) is 0 Å². The summed E-state index contributed by atoms with van der Waals surface area (Å²) >= 11 is 0. The predicted molar refractivity (Wildman–Crippen MR) is 114 cm³/mol. The van der Waals surface area contributed by atoms with Crippen molar-refractivity contribution >= 4 is 5.91 Å². The molecule has 0 atom stereocenters. The summed E-state index contributed by atoms with van der Waals surface area (Å²) < 4.78 is 18.7. The molecule has 0 radical (unpaired) electrons.